The second-order valence-electron chi connectivity index (χ2n) is 5.54. The van der Waals surface area contributed by atoms with Gasteiger partial charge in [0.2, 0.25) is 5.91 Å². The lowest BCUT2D eigenvalue weighted by molar-refractivity contribution is -0.115. The average molecular weight is 512 g/mol. The molecule has 0 radical (unpaired) electrons. The maximum absolute atomic E-state index is 13.5. The first kappa shape index (κ1) is 23.2. The highest BCUT2D eigenvalue weighted by Gasteiger charge is 2.15. The van der Waals surface area contributed by atoms with Crippen molar-refractivity contribution >= 4 is 52.9 Å². The van der Waals surface area contributed by atoms with Gasteiger partial charge in [0.15, 0.2) is 23.4 Å². The van der Waals surface area contributed by atoms with Gasteiger partial charge in [-0.1, -0.05) is 6.92 Å². The molecule has 0 saturated heterocycles. The Bertz CT molecular complexity index is 787. The lowest BCUT2D eigenvalue weighted by atomic mass is 10.1. The van der Waals surface area contributed by atoms with Gasteiger partial charge in [-0.25, -0.2) is 13.2 Å². The van der Waals surface area contributed by atoms with E-state index >= 15 is 0 Å². The molecule has 10 heteroatoms. The molecule has 0 bridgehead atoms. The normalized spacial score (nSPS) is 12.1. The molecule has 0 aliphatic carbocycles. The van der Waals surface area contributed by atoms with Gasteiger partial charge in [-0.2, -0.15) is 11.3 Å². The van der Waals surface area contributed by atoms with Crippen molar-refractivity contribution in [2.45, 2.75) is 12.8 Å². The topological polar surface area (TPSA) is 65.5 Å². The largest absolute Gasteiger partial charge is 0.356 e. The van der Waals surface area contributed by atoms with Gasteiger partial charge in [0, 0.05) is 13.6 Å². The fourth-order valence-corrected chi connectivity index (χ4v) is 2.91. The Hall–Kier alpha value is -1.82. The molecular formula is C17H20F3IN4OS. The zero-order chi connectivity index (χ0) is 19.1. The molecule has 0 saturated carbocycles. The van der Waals surface area contributed by atoms with Crippen molar-refractivity contribution in [1.82, 2.24) is 10.6 Å². The maximum atomic E-state index is 13.5. The number of halogens is 4. The summed E-state index contributed by atoms with van der Waals surface area (Å²) in [5, 5.41) is 12.1. The lowest BCUT2D eigenvalue weighted by Gasteiger charge is -2.15. The van der Waals surface area contributed by atoms with Gasteiger partial charge in [0.1, 0.15) is 0 Å². The third kappa shape index (κ3) is 6.69. The molecule has 1 atom stereocenters. The fraction of sp³-hybridized carbons (Fsp3) is 0.294. The van der Waals surface area contributed by atoms with Crippen molar-refractivity contribution in [3.63, 3.8) is 0 Å². The Kier molecular flexibility index (Phi) is 9.56. The number of guanidine groups is 1. The summed E-state index contributed by atoms with van der Waals surface area (Å²) in [5.41, 5.74) is 0.772. The summed E-state index contributed by atoms with van der Waals surface area (Å²) >= 11 is 1.62. The average Bonchev–Trinajstić information content (AvgIpc) is 3.17. The Labute approximate surface area is 176 Å². The second-order valence-corrected chi connectivity index (χ2v) is 6.32. The van der Waals surface area contributed by atoms with Crippen LogP contribution in [0.1, 0.15) is 18.4 Å². The smallest absolute Gasteiger partial charge is 0.243 e. The molecule has 0 fully saturated rings. The van der Waals surface area contributed by atoms with Crippen molar-refractivity contribution in [2.24, 2.45) is 4.99 Å². The number of rotatable bonds is 6. The van der Waals surface area contributed by atoms with Gasteiger partial charge in [-0.3, -0.25) is 9.79 Å². The molecule has 0 aliphatic heterocycles. The monoisotopic (exact) mass is 512 g/mol. The van der Waals surface area contributed by atoms with E-state index in [2.05, 4.69) is 33.2 Å². The van der Waals surface area contributed by atoms with Crippen LogP contribution in [-0.2, 0) is 4.79 Å². The molecule has 1 amide bonds. The summed E-state index contributed by atoms with van der Waals surface area (Å²) < 4.78 is 39.6. The first-order valence-corrected chi connectivity index (χ1v) is 8.76. The van der Waals surface area contributed by atoms with Crippen LogP contribution in [-0.4, -0.2) is 32.0 Å². The van der Waals surface area contributed by atoms with E-state index in [1.807, 2.05) is 11.4 Å². The predicted octanol–water partition coefficient (Wildman–Crippen LogP) is 3.69. The predicted molar refractivity (Wildman–Crippen MR) is 112 cm³/mol. The zero-order valence-corrected chi connectivity index (χ0v) is 17.8. The minimum atomic E-state index is -1.63. The van der Waals surface area contributed by atoms with Gasteiger partial charge in [0.25, 0.3) is 0 Å². The Morgan fingerprint density at radius 1 is 1.19 bits per heavy atom. The van der Waals surface area contributed by atoms with Crippen LogP contribution in [0.5, 0.6) is 0 Å². The van der Waals surface area contributed by atoms with E-state index in [-0.39, 0.29) is 36.4 Å². The number of nitrogens with zero attached hydrogens (tertiary/aromatic N) is 1. The number of hydrogen-bond acceptors (Lipinski definition) is 3. The summed E-state index contributed by atoms with van der Waals surface area (Å²) in [6.07, 6.45) is 0. The van der Waals surface area contributed by atoms with Crippen LogP contribution < -0.4 is 16.0 Å². The van der Waals surface area contributed by atoms with E-state index in [1.54, 1.807) is 18.4 Å². The molecule has 3 N–H and O–H groups in total. The number of amides is 1. The summed E-state index contributed by atoms with van der Waals surface area (Å²) in [6, 6.07) is 3.74. The molecule has 148 valence electrons. The fourth-order valence-electron chi connectivity index (χ4n) is 2.12. The quantitative estimate of drug-likeness (QED) is 0.240. The van der Waals surface area contributed by atoms with Crippen LogP contribution in [0.25, 0.3) is 0 Å². The molecular weight excluding hydrogens is 492 g/mol. The molecule has 1 aromatic carbocycles. The molecule has 1 heterocycles. The molecule has 1 aromatic heterocycles. The zero-order valence-electron chi connectivity index (χ0n) is 14.7. The van der Waals surface area contributed by atoms with Crippen LogP contribution in [0.3, 0.4) is 0 Å². The summed E-state index contributed by atoms with van der Waals surface area (Å²) in [5.74, 6) is -4.36. The second kappa shape index (κ2) is 11.1. The van der Waals surface area contributed by atoms with Crippen molar-refractivity contribution in [3.8, 4) is 0 Å². The van der Waals surface area contributed by atoms with Crippen LogP contribution in [0, 0.1) is 17.5 Å². The summed E-state index contributed by atoms with van der Waals surface area (Å²) in [7, 11) is 1.55. The van der Waals surface area contributed by atoms with E-state index < -0.39 is 29.0 Å². The van der Waals surface area contributed by atoms with Crippen molar-refractivity contribution in [3.05, 3.63) is 52.0 Å². The first-order valence-electron chi connectivity index (χ1n) is 7.82. The Balaban J connectivity index is 0.00000364. The molecule has 2 rings (SSSR count). The first-order chi connectivity index (χ1) is 12.4. The molecule has 0 spiro atoms. The Morgan fingerprint density at radius 3 is 2.56 bits per heavy atom. The van der Waals surface area contributed by atoms with Gasteiger partial charge >= 0.3 is 0 Å². The van der Waals surface area contributed by atoms with E-state index in [1.165, 1.54) is 5.56 Å². The number of carbonyl (C=O) groups excluding carboxylic acids is 1. The number of anilines is 1. The highest BCUT2D eigenvalue weighted by atomic mass is 127. The maximum Gasteiger partial charge on any atom is 0.243 e. The van der Waals surface area contributed by atoms with Crippen molar-refractivity contribution < 1.29 is 18.0 Å². The molecule has 1 unspecified atom stereocenters. The van der Waals surface area contributed by atoms with Gasteiger partial charge < -0.3 is 16.0 Å². The van der Waals surface area contributed by atoms with E-state index in [9.17, 15) is 18.0 Å². The lowest BCUT2D eigenvalue weighted by Crippen LogP contribution is -2.42. The molecule has 27 heavy (non-hydrogen) atoms. The number of benzene rings is 1. The minimum Gasteiger partial charge on any atom is -0.356 e. The highest BCUT2D eigenvalue weighted by Crippen LogP contribution is 2.19. The van der Waals surface area contributed by atoms with Crippen LogP contribution in [0.4, 0.5) is 18.9 Å². The summed E-state index contributed by atoms with van der Waals surface area (Å²) in [6.45, 7) is 2.45. The van der Waals surface area contributed by atoms with E-state index in [4.69, 9.17) is 0 Å². The minimum absolute atomic E-state index is 0. The van der Waals surface area contributed by atoms with Crippen LogP contribution in [0.2, 0.25) is 0 Å². The highest BCUT2D eigenvalue weighted by molar-refractivity contribution is 14.0. The van der Waals surface area contributed by atoms with Crippen LogP contribution in [0.15, 0.2) is 34.0 Å². The van der Waals surface area contributed by atoms with Gasteiger partial charge in [-0.05, 0) is 40.4 Å². The summed E-state index contributed by atoms with van der Waals surface area (Å²) in [4.78, 5) is 15.9. The van der Waals surface area contributed by atoms with E-state index in [0.29, 0.717) is 12.5 Å². The number of hydrogen-bond donors (Lipinski definition) is 3. The third-order valence-corrected chi connectivity index (χ3v) is 4.34. The number of aliphatic imine (C=N–C) groups is 1. The van der Waals surface area contributed by atoms with Gasteiger partial charge in [-0.15, -0.1) is 24.0 Å². The van der Waals surface area contributed by atoms with Crippen LogP contribution >= 0.6 is 35.3 Å². The van der Waals surface area contributed by atoms with Crippen molar-refractivity contribution in [1.29, 1.82) is 0 Å². The standard InChI is InChI=1S/C17H19F3N4OS.HI/c1-10(11-5-6-26-9-11)7-22-17(21-2)23-8-14(25)24-13-4-3-12(18)15(19)16(13)20;/h3-6,9-10H,7-8H2,1-2H3,(H,24,25)(H2,21,22,23);1H. The third-order valence-electron chi connectivity index (χ3n) is 3.64. The Morgan fingerprint density at radius 2 is 1.93 bits per heavy atom. The van der Waals surface area contributed by atoms with Crippen molar-refractivity contribution in [2.75, 3.05) is 25.5 Å². The van der Waals surface area contributed by atoms with E-state index in [0.717, 1.165) is 12.1 Å². The van der Waals surface area contributed by atoms with Gasteiger partial charge in [0.05, 0.1) is 12.2 Å². The molecule has 5 nitrogen and oxygen atoms in total. The SMILES string of the molecule is CN=C(NCC(=O)Nc1ccc(F)c(F)c1F)NCC(C)c1ccsc1.I. The number of nitrogens with one attached hydrogen (secondary N) is 3. The number of carbonyl (C=O) groups is 1. The molecule has 2 aromatic rings. The number of thiophene rings is 1. The molecule has 0 aliphatic rings.